The summed E-state index contributed by atoms with van der Waals surface area (Å²) >= 11 is 0. The first-order valence-corrected chi connectivity index (χ1v) is 10.7. The largest absolute Gasteiger partial charge is 0.314 e. The molecule has 0 atom stereocenters. The van der Waals surface area contributed by atoms with Crippen molar-refractivity contribution in [1.82, 2.24) is 44.1 Å². The average Bonchev–Trinajstić information content (AvgIpc) is 3.45. The van der Waals surface area contributed by atoms with E-state index < -0.39 is 0 Å². The summed E-state index contributed by atoms with van der Waals surface area (Å²) < 4.78 is 5.50. The fraction of sp³-hybridized carbons (Fsp3) is 0.550. The van der Waals surface area contributed by atoms with E-state index in [0.29, 0.717) is 12.4 Å². The van der Waals surface area contributed by atoms with E-state index >= 15 is 0 Å². The molecule has 3 aromatic heterocycles. The molecule has 0 radical (unpaired) electrons. The molecule has 0 spiro atoms. The molecule has 30 heavy (non-hydrogen) atoms. The van der Waals surface area contributed by atoms with Gasteiger partial charge >= 0.3 is 0 Å². The zero-order valence-electron chi connectivity index (χ0n) is 17.1. The maximum Gasteiger partial charge on any atom is 0.266 e. The van der Waals surface area contributed by atoms with Crippen LogP contribution in [0.5, 0.6) is 0 Å². The molecule has 0 bridgehead atoms. The Labute approximate surface area is 174 Å². The van der Waals surface area contributed by atoms with Crippen molar-refractivity contribution in [3.05, 3.63) is 52.6 Å². The average molecular weight is 409 g/mol. The van der Waals surface area contributed by atoms with Crippen LogP contribution in [0.25, 0.3) is 5.82 Å². The quantitative estimate of drug-likeness (QED) is 0.573. The topological polar surface area (TPSA) is 89.9 Å². The third-order valence-electron chi connectivity index (χ3n) is 5.99. The van der Waals surface area contributed by atoms with E-state index in [1.807, 2.05) is 12.3 Å². The first-order chi connectivity index (χ1) is 14.8. The lowest BCUT2D eigenvalue weighted by molar-refractivity contribution is 0.119. The molecule has 1 saturated heterocycles. The Morgan fingerprint density at radius 3 is 2.63 bits per heavy atom. The minimum absolute atomic E-state index is 0.0823. The van der Waals surface area contributed by atoms with Gasteiger partial charge in [0, 0.05) is 64.1 Å². The summed E-state index contributed by atoms with van der Waals surface area (Å²) in [5.41, 5.74) is -0.0823. The number of rotatable bonds is 6. The lowest BCUT2D eigenvalue weighted by Crippen LogP contribution is -2.47. The number of piperazine rings is 1. The monoisotopic (exact) mass is 409 g/mol. The highest BCUT2D eigenvalue weighted by atomic mass is 16.1. The summed E-state index contributed by atoms with van der Waals surface area (Å²) in [4.78, 5) is 17.0. The Morgan fingerprint density at radius 2 is 1.80 bits per heavy atom. The molecule has 3 aromatic rings. The summed E-state index contributed by atoms with van der Waals surface area (Å²) in [5.74, 6) is 2.90. The van der Waals surface area contributed by atoms with Crippen molar-refractivity contribution in [2.24, 2.45) is 0 Å². The summed E-state index contributed by atoms with van der Waals surface area (Å²) in [6, 6.07) is 5.10. The van der Waals surface area contributed by atoms with E-state index in [-0.39, 0.29) is 5.56 Å². The van der Waals surface area contributed by atoms with Gasteiger partial charge in [-0.05, 0) is 25.0 Å². The molecule has 10 nitrogen and oxygen atoms in total. The normalized spacial score (nSPS) is 17.9. The van der Waals surface area contributed by atoms with Gasteiger partial charge < -0.3 is 4.57 Å². The molecular weight excluding hydrogens is 382 g/mol. The van der Waals surface area contributed by atoms with E-state index in [1.165, 1.54) is 17.5 Å². The fourth-order valence-corrected chi connectivity index (χ4v) is 4.22. The second-order valence-electron chi connectivity index (χ2n) is 7.96. The molecule has 5 rings (SSSR count). The van der Waals surface area contributed by atoms with Gasteiger partial charge in [0.2, 0.25) is 0 Å². The Balaban J connectivity index is 1.14. The minimum Gasteiger partial charge on any atom is -0.314 e. The summed E-state index contributed by atoms with van der Waals surface area (Å²) in [5, 5.41) is 17.4. The molecule has 0 aromatic carbocycles. The molecule has 10 heteroatoms. The van der Waals surface area contributed by atoms with Crippen LogP contribution in [0.3, 0.4) is 0 Å². The molecule has 2 aliphatic rings. The molecule has 2 aliphatic heterocycles. The summed E-state index contributed by atoms with van der Waals surface area (Å²) in [6.45, 7) is 7.26. The lowest BCUT2D eigenvalue weighted by Gasteiger charge is -2.34. The van der Waals surface area contributed by atoms with Crippen LogP contribution >= 0.6 is 0 Å². The van der Waals surface area contributed by atoms with E-state index in [2.05, 4.69) is 34.8 Å². The van der Waals surface area contributed by atoms with Crippen molar-refractivity contribution >= 4 is 0 Å². The number of hydrogen-bond donors (Lipinski definition) is 0. The molecule has 158 valence electrons. The Morgan fingerprint density at radius 1 is 0.933 bits per heavy atom. The predicted octanol–water partition coefficient (Wildman–Crippen LogP) is 0.175. The van der Waals surface area contributed by atoms with Crippen molar-refractivity contribution in [1.29, 1.82) is 0 Å². The highest BCUT2D eigenvalue weighted by molar-refractivity contribution is 5.17. The Bertz CT molecular complexity index is 1030. The van der Waals surface area contributed by atoms with E-state index in [1.54, 1.807) is 23.0 Å². The van der Waals surface area contributed by atoms with Crippen LogP contribution in [0.4, 0.5) is 0 Å². The fourth-order valence-electron chi connectivity index (χ4n) is 4.22. The molecule has 0 aliphatic carbocycles. The van der Waals surface area contributed by atoms with Crippen LogP contribution in [-0.2, 0) is 26.1 Å². The number of aryl methyl sites for hydroxylation is 1. The summed E-state index contributed by atoms with van der Waals surface area (Å²) in [7, 11) is 0. The Kier molecular flexibility index (Phi) is 5.41. The number of aromatic nitrogens is 7. The zero-order chi connectivity index (χ0) is 20.3. The van der Waals surface area contributed by atoms with Gasteiger partial charge in [-0.25, -0.2) is 9.36 Å². The number of hydrogen-bond acceptors (Lipinski definition) is 7. The van der Waals surface area contributed by atoms with Gasteiger partial charge in [-0.3, -0.25) is 14.6 Å². The maximum atomic E-state index is 12.2. The van der Waals surface area contributed by atoms with Crippen molar-refractivity contribution in [3.63, 3.8) is 0 Å². The first-order valence-electron chi connectivity index (χ1n) is 10.7. The lowest BCUT2D eigenvalue weighted by atomic mass is 10.1. The van der Waals surface area contributed by atoms with Gasteiger partial charge in [-0.15, -0.1) is 15.3 Å². The van der Waals surface area contributed by atoms with Gasteiger partial charge in [0.05, 0.1) is 13.1 Å². The molecule has 0 N–H and O–H groups in total. The summed E-state index contributed by atoms with van der Waals surface area (Å²) in [6.07, 6.45) is 7.02. The van der Waals surface area contributed by atoms with Crippen molar-refractivity contribution in [3.8, 4) is 5.82 Å². The van der Waals surface area contributed by atoms with Crippen molar-refractivity contribution in [2.45, 2.75) is 38.9 Å². The SMILES string of the molecule is O=c1ccc(-n2cccn2)nn1CCN1CCN(Cc2nnc3n2CCCC3)CC1. The number of nitrogens with zero attached hydrogens (tertiary/aromatic N) is 9. The van der Waals surface area contributed by atoms with E-state index in [4.69, 9.17) is 0 Å². The minimum atomic E-state index is -0.0823. The Hall–Kier alpha value is -2.85. The van der Waals surface area contributed by atoms with Gasteiger partial charge in [0.25, 0.3) is 5.56 Å². The second kappa shape index (κ2) is 8.49. The van der Waals surface area contributed by atoms with E-state index in [0.717, 1.165) is 63.9 Å². The second-order valence-corrected chi connectivity index (χ2v) is 7.96. The first kappa shape index (κ1) is 19.1. The number of fused-ring (bicyclic) bond motifs is 1. The maximum absolute atomic E-state index is 12.2. The smallest absolute Gasteiger partial charge is 0.266 e. The third kappa shape index (κ3) is 4.05. The third-order valence-corrected chi connectivity index (χ3v) is 5.99. The van der Waals surface area contributed by atoms with Crippen LogP contribution in [0.1, 0.15) is 24.5 Å². The predicted molar refractivity (Wildman–Crippen MR) is 110 cm³/mol. The van der Waals surface area contributed by atoms with Crippen molar-refractivity contribution < 1.29 is 0 Å². The molecule has 5 heterocycles. The van der Waals surface area contributed by atoms with Gasteiger partial charge in [0.1, 0.15) is 11.6 Å². The van der Waals surface area contributed by atoms with Crippen LogP contribution in [-0.4, -0.2) is 76.8 Å². The van der Waals surface area contributed by atoms with Crippen LogP contribution in [0, 0.1) is 0 Å². The molecule has 1 fully saturated rings. The molecule has 0 unspecified atom stereocenters. The molecule has 0 saturated carbocycles. The highest BCUT2D eigenvalue weighted by Gasteiger charge is 2.21. The van der Waals surface area contributed by atoms with Crippen molar-refractivity contribution in [2.75, 3.05) is 32.7 Å². The van der Waals surface area contributed by atoms with E-state index in [9.17, 15) is 4.79 Å². The van der Waals surface area contributed by atoms with Crippen LogP contribution in [0.15, 0.2) is 35.4 Å². The molecular formula is C20H27N9O. The van der Waals surface area contributed by atoms with Gasteiger partial charge in [-0.1, -0.05) is 0 Å². The zero-order valence-corrected chi connectivity index (χ0v) is 17.1. The standard InChI is InChI=1S/C20H27N9O/c30-20-6-5-18(28-9-3-7-21-28)24-29(20)15-14-25-10-12-26(13-11-25)16-19-23-22-17-4-1-2-8-27(17)19/h3,5-7,9H,1-2,4,8,10-16H2. The van der Waals surface area contributed by atoms with Gasteiger partial charge in [-0.2, -0.15) is 5.10 Å². The van der Waals surface area contributed by atoms with Crippen LogP contribution < -0.4 is 5.56 Å². The molecule has 0 amide bonds. The van der Waals surface area contributed by atoms with Gasteiger partial charge in [0.15, 0.2) is 5.82 Å². The van der Waals surface area contributed by atoms with Crippen LogP contribution in [0.2, 0.25) is 0 Å². The highest BCUT2D eigenvalue weighted by Crippen LogP contribution is 2.16.